The Labute approximate surface area is 136 Å². The van der Waals surface area contributed by atoms with Gasteiger partial charge in [0.1, 0.15) is 4.99 Å². The average Bonchev–Trinajstić information content (AvgIpc) is 2.47. The number of nitrogens with one attached hydrogen (secondary N) is 1. The third-order valence-electron chi connectivity index (χ3n) is 3.16. The fourth-order valence-electron chi connectivity index (χ4n) is 2.16. The molecule has 0 spiro atoms. The summed E-state index contributed by atoms with van der Waals surface area (Å²) >= 11 is 8.50. The molecular formula is C16H12BrN3S. The van der Waals surface area contributed by atoms with Crippen molar-refractivity contribution in [1.29, 1.82) is 0 Å². The molecule has 5 heteroatoms. The molecule has 0 aliphatic heterocycles. The van der Waals surface area contributed by atoms with Gasteiger partial charge in [0.25, 0.3) is 0 Å². The predicted molar refractivity (Wildman–Crippen MR) is 95.1 cm³/mol. The van der Waals surface area contributed by atoms with E-state index in [1.165, 1.54) is 0 Å². The summed E-state index contributed by atoms with van der Waals surface area (Å²) in [6, 6.07) is 15.8. The van der Waals surface area contributed by atoms with Crippen LogP contribution in [-0.4, -0.2) is 9.97 Å². The van der Waals surface area contributed by atoms with Crippen molar-refractivity contribution in [3.05, 3.63) is 64.8 Å². The van der Waals surface area contributed by atoms with E-state index in [0.29, 0.717) is 4.99 Å². The lowest BCUT2D eigenvalue weighted by Crippen LogP contribution is -2.10. The van der Waals surface area contributed by atoms with E-state index in [0.717, 1.165) is 32.3 Å². The number of thiocarbonyl (C=S) groups is 1. The highest BCUT2D eigenvalue weighted by atomic mass is 79.9. The van der Waals surface area contributed by atoms with Crippen LogP contribution in [0.2, 0.25) is 0 Å². The lowest BCUT2D eigenvalue weighted by atomic mass is 10.1. The standard InChI is InChI=1S/C16H12BrN3S/c17-13-9-10(6-7-11(13)16(18)21)20-15-5-1-4-14-12(15)3-2-8-19-14/h1-9,20H,(H2,18,21). The van der Waals surface area contributed by atoms with Crippen LogP contribution in [0.25, 0.3) is 10.9 Å². The SMILES string of the molecule is NC(=S)c1ccc(Nc2cccc3ncccc23)cc1Br. The van der Waals surface area contributed by atoms with E-state index in [1.54, 1.807) is 6.20 Å². The van der Waals surface area contributed by atoms with Crippen molar-refractivity contribution in [1.82, 2.24) is 4.98 Å². The van der Waals surface area contributed by atoms with Gasteiger partial charge in [-0.1, -0.05) is 18.3 Å². The molecule has 1 aromatic heterocycles. The number of pyridine rings is 1. The van der Waals surface area contributed by atoms with Crippen LogP contribution in [0.4, 0.5) is 11.4 Å². The van der Waals surface area contributed by atoms with Crippen molar-refractivity contribution in [2.24, 2.45) is 5.73 Å². The van der Waals surface area contributed by atoms with Crippen molar-refractivity contribution in [3.63, 3.8) is 0 Å². The second-order valence-corrected chi connectivity index (χ2v) is 5.85. The lowest BCUT2D eigenvalue weighted by Gasteiger charge is -2.11. The van der Waals surface area contributed by atoms with E-state index in [2.05, 4.69) is 26.2 Å². The number of aromatic nitrogens is 1. The summed E-state index contributed by atoms with van der Waals surface area (Å²) in [4.78, 5) is 4.73. The highest BCUT2D eigenvalue weighted by Crippen LogP contribution is 2.28. The molecule has 2 aromatic carbocycles. The number of nitrogens with zero attached hydrogens (tertiary/aromatic N) is 1. The molecule has 1 heterocycles. The summed E-state index contributed by atoms with van der Waals surface area (Å²) in [5, 5.41) is 4.48. The van der Waals surface area contributed by atoms with Gasteiger partial charge in [-0.05, 0) is 58.4 Å². The second kappa shape index (κ2) is 5.79. The molecule has 0 atom stereocenters. The Hall–Kier alpha value is -1.98. The summed E-state index contributed by atoms with van der Waals surface area (Å²) in [7, 11) is 0. The second-order valence-electron chi connectivity index (χ2n) is 4.56. The summed E-state index contributed by atoms with van der Waals surface area (Å²) in [6.45, 7) is 0. The Kier molecular flexibility index (Phi) is 3.86. The first-order chi connectivity index (χ1) is 10.1. The molecule has 0 saturated carbocycles. The lowest BCUT2D eigenvalue weighted by molar-refractivity contribution is 1.41. The van der Waals surface area contributed by atoms with Gasteiger partial charge in [0, 0.05) is 33.0 Å². The predicted octanol–water partition coefficient (Wildman–Crippen LogP) is 4.38. The molecular weight excluding hydrogens is 346 g/mol. The number of halogens is 1. The largest absolute Gasteiger partial charge is 0.389 e. The van der Waals surface area contributed by atoms with Crippen LogP contribution in [-0.2, 0) is 0 Å². The average molecular weight is 358 g/mol. The number of fused-ring (bicyclic) bond motifs is 1. The van der Waals surface area contributed by atoms with Gasteiger partial charge in [-0.2, -0.15) is 0 Å². The summed E-state index contributed by atoms with van der Waals surface area (Å²) in [5.74, 6) is 0. The van der Waals surface area contributed by atoms with Crippen molar-refractivity contribution < 1.29 is 0 Å². The maximum atomic E-state index is 5.66. The molecule has 0 aliphatic carbocycles. The molecule has 3 N–H and O–H groups in total. The van der Waals surface area contributed by atoms with Crippen LogP contribution in [0.1, 0.15) is 5.56 Å². The normalized spacial score (nSPS) is 10.5. The monoisotopic (exact) mass is 357 g/mol. The zero-order chi connectivity index (χ0) is 14.8. The molecule has 0 bridgehead atoms. The van der Waals surface area contributed by atoms with Crippen LogP contribution in [0.15, 0.2) is 59.2 Å². The third kappa shape index (κ3) is 2.89. The van der Waals surface area contributed by atoms with Gasteiger partial charge < -0.3 is 11.1 Å². The maximum absolute atomic E-state index is 5.66. The van der Waals surface area contributed by atoms with Crippen LogP contribution < -0.4 is 11.1 Å². The number of anilines is 2. The quantitative estimate of drug-likeness (QED) is 0.683. The van der Waals surface area contributed by atoms with E-state index in [9.17, 15) is 0 Å². The maximum Gasteiger partial charge on any atom is 0.105 e. The molecule has 3 nitrogen and oxygen atoms in total. The number of hydrogen-bond acceptors (Lipinski definition) is 3. The Morgan fingerprint density at radius 1 is 1.14 bits per heavy atom. The topological polar surface area (TPSA) is 50.9 Å². The molecule has 3 rings (SSSR count). The smallest absolute Gasteiger partial charge is 0.105 e. The van der Waals surface area contributed by atoms with E-state index in [1.807, 2.05) is 48.5 Å². The first-order valence-corrected chi connectivity index (χ1v) is 7.55. The van der Waals surface area contributed by atoms with Crippen LogP contribution in [0.5, 0.6) is 0 Å². The molecule has 0 saturated heterocycles. The Bertz CT molecular complexity index is 827. The first-order valence-electron chi connectivity index (χ1n) is 6.35. The summed E-state index contributed by atoms with van der Waals surface area (Å²) in [6.07, 6.45) is 1.79. The van der Waals surface area contributed by atoms with Crippen LogP contribution in [0, 0.1) is 0 Å². The zero-order valence-electron chi connectivity index (χ0n) is 11.0. The molecule has 0 unspecified atom stereocenters. The first kappa shape index (κ1) is 14.0. The van der Waals surface area contributed by atoms with Gasteiger partial charge in [0.05, 0.1) is 5.52 Å². The molecule has 0 aliphatic rings. The molecule has 0 radical (unpaired) electrons. The number of nitrogens with two attached hydrogens (primary N) is 1. The van der Waals surface area contributed by atoms with Gasteiger partial charge in [0.15, 0.2) is 0 Å². The van der Waals surface area contributed by atoms with Gasteiger partial charge in [0.2, 0.25) is 0 Å². The Morgan fingerprint density at radius 3 is 2.76 bits per heavy atom. The number of hydrogen-bond donors (Lipinski definition) is 2. The Balaban J connectivity index is 1.99. The summed E-state index contributed by atoms with van der Waals surface area (Å²) < 4.78 is 0.873. The van der Waals surface area contributed by atoms with Crippen molar-refractivity contribution >= 4 is 55.4 Å². The third-order valence-corrected chi connectivity index (χ3v) is 4.04. The van der Waals surface area contributed by atoms with Crippen molar-refractivity contribution in [3.8, 4) is 0 Å². The fraction of sp³-hybridized carbons (Fsp3) is 0. The molecule has 21 heavy (non-hydrogen) atoms. The van der Waals surface area contributed by atoms with Crippen LogP contribution >= 0.6 is 28.1 Å². The van der Waals surface area contributed by atoms with Gasteiger partial charge in [-0.25, -0.2) is 0 Å². The van der Waals surface area contributed by atoms with Crippen LogP contribution in [0.3, 0.4) is 0 Å². The molecule has 104 valence electrons. The Morgan fingerprint density at radius 2 is 2.00 bits per heavy atom. The number of rotatable bonds is 3. The molecule has 0 fully saturated rings. The highest BCUT2D eigenvalue weighted by molar-refractivity contribution is 9.10. The summed E-state index contributed by atoms with van der Waals surface area (Å²) in [5.41, 5.74) is 9.42. The minimum Gasteiger partial charge on any atom is -0.389 e. The van der Waals surface area contributed by atoms with Gasteiger partial charge in [-0.15, -0.1) is 0 Å². The van der Waals surface area contributed by atoms with E-state index in [-0.39, 0.29) is 0 Å². The fourth-order valence-corrected chi connectivity index (χ4v) is 3.06. The van der Waals surface area contributed by atoms with Gasteiger partial charge in [-0.3, -0.25) is 4.98 Å². The molecule has 3 aromatic rings. The minimum atomic E-state index is 0.378. The zero-order valence-corrected chi connectivity index (χ0v) is 13.4. The van der Waals surface area contributed by atoms with Gasteiger partial charge >= 0.3 is 0 Å². The van der Waals surface area contributed by atoms with Crippen molar-refractivity contribution in [2.75, 3.05) is 5.32 Å². The van der Waals surface area contributed by atoms with E-state index < -0.39 is 0 Å². The van der Waals surface area contributed by atoms with Crippen molar-refractivity contribution in [2.45, 2.75) is 0 Å². The molecule has 0 amide bonds. The number of benzene rings is 2. The van der Waals surface area contributed by atoms with E-state index >= 15 is 0 Å². The highest BCUT2D eigenvalue weighted by Gasteiger charge is 2.06. The van der Waals surface area contributed by atoms with E-state index in [4.69, 9.17) is 18.0 Å². The minimum absolute atomic E-state index is 0.378.